The van der Waals surface area contributed by atoms with Crippen molar-refractivity contribution in [1.29, 1.82) is 0 Å². The van der Waals surface area contributed by atoms with Gasteiger partial charge in [0.25, 0.3) is 11.6 Å². The summed E-state index contributed by atoms with van der Waals surface area (Å²) < 4.78 is 25.3. The maximum absolute atomic E-state index is 12.9. The summed E-state index contributed by atoms with van der Waals surface area (Å²) in [5.41, 5.74) is -0.231. The van der Waals surface area contributed by atoms with E-state index in [0.717, 1.165) is 6.07 Å². The number of nitrogens with zero attached hydrogens (tertiary/aromatic N) is 2. The Balaban J connectivity index is 1.85. The Morgan fingerprint density at radius 2 is 1.93 bits per heavy atom. The number of hydrogen-bond donors (Lipinski definition) is 0. The Labute approximate surface area is 161 Å². The van der Waals surface area contributed by atoms with Crippen LogP contribution in [0.4, 0.5) is 5.69 Å². The van der Waals surface area contributed by atoms with Gasteiger partial charge in [-0.05, 0) is 31.0 Å². The minimum Gasteiger partial charge on any atom is -0.335 e. The Morgan fingerprint density at radius 1 is 1.22 bits per heavy atom. The molecule has 0 aromatic heterocycles. The summed E-state index contributed by atoms with van der Waals surface area (Å²) in [5.74, 6) is -0.690. The topological polar surface area (TPSA) is 97.6 Å². The summed E-state index contributed by atoms with van der Waals surface area (Å²) in [6.07, 6.45) is 1.21. The largest absolute Gasteiger partial charge is 0.335 e. The molecule has 0 saturated carbocycles. The lowest BCUT2D eigenvalue weighted by molar-refractivity contribution is -0.384. The summed E-state index contributed by atoms with van der Waals surface area (Å²) in [6, 6.07) is 11.2. The number of carbonyl (C=O) groups excluding carboxylic acids is 1. The van der Waals surface area contributed by atoms with Gasteiger partial charge in [0.15, 0.2) is 9.84 Å². The smallest absolute Gasteiger partial charge is 0.270 e. The van der Waals surface area contributed by atoms with Crippen LogP contribution in [-0.4, -0.2) is 42.5 Å². The fraction of sp³-hybridized carbons (Fsp3) is 0.278. The normalized spacial score (nSPS) is 17.1. The van der Waals surface area contributed by atoms with Crippen molar-refractivity contribution in [2.75, 3.05) is 12.3 Å². The molecule has 3 rings (SSSR count). The Morgan fingerprint density at radius 3 is 2.59 bits per heavy atom. The van der Waals surface area contributed by atoms with Crippen LogP contribution >= 0.6 is 11.6 Å². The second-order valence-corrected chi connectivity index (χ2v) is 8.75. The first-order chi connectivity index (χ1) is 12.8. The van der Waals surface area contributed by atoms with E-state index in [1.54, 1.807) is 18.2 Å². The SMILES string of the molecule is O=C(c1cc([N+](=O)[O-])ccc1Cl)N1CCCC1CS(=O)(=O)c1ccccc1. The standard InChI is InChI=1S/C18H17ClN2O5S/c19-17-9-8-13(21(23)24)11-16(17)18(22)20-10-4-5-14(20)12-27(25,26)15-6-2-1-3-7-15/h1-3,6-9,11,14H,4-5,10,12H2. The summed E-state index contributed by atoms with van der Waals surface area (Å²) in [7, 11) is -3.56. The van der Waals surface area contributed by atoms with Crippen LogP contribution in [0, 0.1) is 10.1 Å². The van der Waals surface area contributed by atoms with Crippen molar-refractivity contribution in [1.82, 2.24) is 4.90 Å². The first-order valence-electron chi connectivity index (χ1n) is 8.32. The van der Waals surface area contributed by atoms with Crippen LogP contribution in [-0.2, 0) is 9.84 Å². The number of halogens is 1. The number of likely N-dealkylation sites (tertiary alicyclic amines) is 1. The highest BCUT2D eigenvalue weighted by atomic mass is 35.5. The van der Waals surface area contributed by atoms with Gasteiger partial charge in [-0.2, -0.15) is 0 Å². The molecule has 1 heterocycles. The predicted molar refractivity (Wildman–Crippen MR) is 101 cm³/mol. The molecular weight excluding hydrogens is 392 g/mol. The van der Waals surface area contributed by atoms with Gasteiger partial charge < -0.3 is 4.90 Å². The zero-order chi connectivity index (χ0) is 19.6. The lowest BCUT2D eigenvalue weighted by Crippen LogP contribution is -2.39. The number of amides is 1. The number of benzene rings is 2. The van der Waals surface area contributed by atoms with Crippen molar-refractivity contribution in [3.63, 3.8) is 0 Å². The van der Waals surface area contributed by atoms with E-state index < -0.39 is 26.7 Å². The molecule has 1 saturated heterocycles. The predicted octanol–water partition coefficient (Wildman–Crippen LogP) is 3.33. The second-order valence-electron chi connectivity index (χ2n) is 6.31. The van der Waals surface area contributed by atoms with Crippen molar-refractivity contribution in [3.8, 4) is 0 Å². The van der Waals surface area contributed by atoms with Crippen molar-refractivity contribution in [3.05, 3.63) is 69.2 Å². The summed E-state index contributed by atoms with van der Waals surface area (Å²) in [4.78, 5) is 24.9. The van der Waals surface area contributed by atoms with Crippen LogP contribution in [0.1, 0.15) is 23.2 Å². The molecule has 0 aliphatic carbocycles. The number of sulfone groups is 1. The molecule has 9 heteroatoms. The van der Waals surface area contributed by atoms with E-state index in [-0.39, 0.29) is 26.9 Å². The highest BCUT2D eigenvalue weighted by molar-refractivity contribution is 7.91. The van der Waals surface area contributed by atoms with Gasteiger partial charge >= 0.3 is 0 Å². The lowest BCUT2D eigenvalue weighted by atomic mass is 10.1. The summed E-state index contributed by atoms with van der Waals surface area (Å²) in [5, 5.41) is 11.1. The van der Waals surface area contributed by atoms with Crippen molar-refractivity contribution in [2.45, 2.75) is 23.8 Å². The lowest BCUT2D eigenvalue weighted by Gasteiger charge is -2.25. The van der Waals surface area contributed by atoms with E-state index in [2.05, 4.69) is 0 Å². The maximum atomic E-state index is 12.9. The van der Waals surface area contributed by atoms with Gasteiger partial charge in [-0.1, -0.05) is 29.8 Å². The third kappa shape index (κ3) is 4.12. The van der Waals surface area contributed by atoms with E-state index in [1.807, 2.05) is 0 Å². The third-order valence-corrected chi connectivity index (χ3v) is 6.69. The average molecular weight is 409 g/mol. The quantitative estimate of drug-likeness (QED) is 0.558. The molecule has 2 aromatic carbocycles. The maximum Gasteiger partial charge on any atom is 0.270 e. The van der Waals surface area contributed by atoms with Crippen molar-refractivity contribution < 1.29 is 18.1 Å². The fourth-order valence-electron chi connectivity index (χ4n) is 3.20. The Hall–Kier alpha value is -2.45. The van der Waals surface area contributed by atoms with E-state index in [1.165, 1.54) is 29.2 Å². The Bertz CT molecular complexity index is 979. The molecule has 0 N–H and O–H groups in total. The highest BCUT2D eigenvalue weighted by Gasteiger charge is 2.34. The second kappa shape index (κ2) is 7.66. The third-order valence-electron chi connectivity index (χ3n) is 4.54. The van der Waals surface area contributed by atoms with Crippen LogP contribution < -0.4 is 0 Å². The molecule has 142 valence electrons. The zero-order valence-corrected chi connectivity index (χ0v) is 15.8. The first kappa shape index (κ1) is 19.3. The molecule has 27 heavy (non-hydrogen) atoms. The monoisotopic (exact) mass is 408 g/mol. The number of hydrogen-bond acceptors (Lipinski definition) is 5. The van der Waals surface area contributed by atoms with Crippen LogP contribution in [0.15, 0.2) is 53.4 Å². The van der Waals surface area contributed by atoms with Crippen LogP contribution in [0.25, 0.3) is 0 Å². The molecule has 1 amide bonds. The first-order valence-corrected chi connectivity index (χ1v) is 10.4. The van der Waals surface area contributed by atoms with Crippen LogP contribution in [0.3, 0.4) is 0 Å². The summed E-state index contributed by atoms with van der Waals surface area (Å²) >= 11 is 6.06. The molecular formula is C18H17ClN2O5S. The van der Waals surface area contributed by atoms with E-state index in [4.69, 9.17) is 11.6 Å². The van der Waals surface area contributed by atoms with Gasteiger partial charge in [0.2, 0.25) is 0 Å². The Kier molecular flexibility index (Phi) is 5.48. The average Bonchev–Trinajstić information content (AvgIpc) is 3.09. The molecule has 0 radical (unpaired) electrons. The number of rotatable bonds is 5. The van der Waals surface area contributed by atoms with E-state index >= 15 is 0 Å². The zero-order valence-electron chi connectivity index (χ0n) is 14.2. The van der Waals surface area contributed by atoms with Gasteiger partial charge in [-0.25, -0.2) is 8.42 Å². The molecule has 2 aromatic rings. The molecule has 1 aliphatic rings. The fourth-order valence-corrected chi connectivity index (χ4v) is 5.01. The highest BCUT2D eigenvalue weighted by Crippen LogP contribution is 2.28. The van der Waals surface area contributed by atoms with Gasteiger partial charge in [0.05, 0.1) is 26.2 Å². The number of nitro benzene ring substituents is 1. The van der Waals surface area contributed by atoms with Gasteiger partial charge in [0, 0.05) is 24.7 Å². The number of non-ortho nitro benzene ring substituents is 1. The molecule has 1 atom stereocenters. The van der Waals surface area contributed by atoms with Gasteiger partial charge in [0.1, 0.15) is 0 Å². The molecule has 0 bridgehead atoms. The van der Waals surface area contributed by atoms with Crippen molar-refractivity contribution >= 4 is 33.0 Å². The molecule has 1 aliphatic heterocycles. The van der Waals surface area contributed by atoms with Gasteiger partial charge in [-0.3, -0.25) is 14.9 Å². The minimum absolute atomic E-state index is 0.00914. The van der Waals surface area contributed by atoms with E-state index in [0.29, 0.717) is 19.4 Å². The van der Waals surface area contributed by atoms with Crippen LogP contribution in [0.2, 0.25) is 5.02 Å². The molecule has 1 fully saturated rings. The number of carbonyl (C=O) groups is 1. The molecule has 0 spiro atoms. The molecule has 1 unspecified atom stereocenters. The van der Waals surface area contributed by atoms with Gasteiger partial charge in [-0.15, -0.1) is 0 Å². The minimum atomic E-state index is -3.56. The van der Waals surface area contributed by atoms with Crippen molar-refractivity contribution in [2.24, 2.45) is 0 Å². The van der Waals surface area contributed by atoms with Crippen LogP contribution in [0.5, 0.6) is 0 Å². The van der Waals surface area contributed by atoms with E-state index in [9.17, 15) is 23.3 Å². The summed E-state index contributed by atoms with van der Waals surface area (Å²) in [6.45, 7) is 0.382. The number of nitro groups is 1. The molecule has 7 nitrogen and oxygen atoms in total.